The minimum atomic E-state index is -0.118. The fourth-order valence-corrected chi connectivity index (χ4v) is 1.08. The van der Waals surface area contributed by atoms with Crippen LogP contribution in [0.3, 0.4) is 0 Å². The van der Waals surface area contributed by atoms with Gasteiger partial charge in [-0.1, -0.05) is 27.7 Å². The number of oxazole rings is 1. The van der Waals surface area contributed by atoms with Crippen molar-refractivity contribution in [2.24, 2.45) is 5.92 Å². The van der Waals surface area contributed by atoms with Crippen LogP contribution in [0.25, 0.3) is 0 Å². The molecule has 1 atom stereocenters. The fraction of sp³-hybridized carbons (Fsp3) is 0.700. The van der Waals surface area contributed by atoms with Crippen molar-refractivity contribution in [3.8, 4) is 0 Å². The van der Waals surface area contributed by atoms with Gasteiger partial charge in [0.2, 0.25) is 5.89 Å². The average molecular weight is 202 g/mol. The van der Waals surface area contributed by atoms with Crippen LogP contribution in [0.1, 0.15) is 50.6 Å². The number of hydrogen-bond acceptors (Lipinski definition) is 2. The maximum Gasteiger partial charge on any atom is 0.212 e. The highest BCUT2D eigenvalue weighted by molar-refractivity contribution is 6.20. The molecule has 0 aliphatic carbocycles. The highest BCUT2D eigenvalue weighted by Crippen LogP contribution is 2.28. The second kappa shape index (κ2) is 4.14. The van der Waals surface area contributed by atoms with E-state index >= 15 is 0 Å². The average Bonchev–Trinajstić information content (AvgIpc) is 2.50. The molecule has 1 heterocycles. The first-order valence-electron chi connectivity index (χ1n) is 4.61. The predicted octanol–water partition coefficient (Wildman–Crippen LogP) is 3.73. The van der Waals surface area contributed by atoms with Crippen LogP contribution in [0.2, 0.25) is 0 Å². The molecular formula is C10H16ClNO. The molecule has 1 rings (SSSR count). The van der Waals surface area contributed by atoms with E-state index in [2.05, 4.69) is 32.7 Å². The Kier molecular flexibility index (Phi) is 3.37. The molecule has 0 amide bonds. The standard InChI is InChI=1S/C10H16ClNO/c1-6(2)8-5-13-10(12-8)9(11)7(3)4/h5-7,9H,1-4H3/t9-/m1/s1. The molecule has 74 valence electrons. The predicted molar refractivity (Wildman–Crippen MR) is 54.0 cm³/mol. The first-order chi connectivity index (χ1) is 6.02. The molecule has 0 spiro atoms. The van der Waals surface area contributed by atoms with Gasteiger partial charge in [0.25, 0.3) is 0 Å². The van der Waals surface area contributed by atoms with Crippen LogP contribution in [0.4, 0.5) is 0 Å². The third-order valence-electron chi connectivity index (χ3n) is 1.95. The summed E-state index contributed by atoms with van der Waals surface area (Å²) in [4.78, 5) is 4.33. The molecule has 0 aromatic carbocycles. The molecule has 1 aromatic heterocycles. The number of nitrogens with zero attached hydrogens (tertiary/aromatic N) is 1. The summed E-state index contributed by atoms with van der Waals surface area (Å²) in [5, 5.41) is -0.118. The van der Waals surface area contributed by atoms with Gasteiger partial charge in [0.1, 0.15) is 11.6 Å². The van der Waals surface area contributed by atoms with E-state index in [0.717, 1.165) is 5.69 Å². The van der Waals surface area contributed by atoms with E-state index in [4.69, 9.17) is 16.0 Å². The van der Waals surface area contributed by atoms with E-state index in [1.165, 1.54) is 0 Å². The summed E-state index contributed by atoms with van der Waals surface area (Å²) in [7, 11) is 0. The lowest BCUT2D eigenvalue weighted by molar-refractivity contribution is 0.446. The second-order valence-electron chi connectivity index (χ2n) is 3.91. The first-order valence-corrected chi connectivity index (χ1v) is 5.05. The number of alkyl halides is 1. The Bertz CT molecular complexity index is 268. The zero-order valence-corrected chi connectivity index (χ0v) is 9.30. The fourth-order valence-electron chi connectivity index (χ4n) is 0.978. The molecule has 0 bridgehead atoms. The second-order valence-corrected chi connectivity index (χ2v) is 4.38. The minimum absolute atomic E-state index is 0.118. The van der Waals surface area contributed by atoms with Gasteiger partial charge in [-0.25, -0.2) is 4.98 Å². The summed E-state index contributed by atoms with van der Waals surface area (Å²) in [6.07, 6.45) is 1.69. The van der Waals surface area contributed by atoms with Crippen LogP contribution in [0, 0.1) is 5.92 Å². The zero-order valence-electron chi connectivity index (χ0n) is 8.54. The SMILES string of the molecule is CC(C)c1coc([C@H](Cl)C(C)C)n1. The van der Waals surface area contributed by atoms with Gasteiger partial charge >= 0.3 is 0 Å². The van der Waals surface area contributed by atoms with Crippen molar-refractivity contribution < 1.29 is 4.42 Å². The minimum Gasteiger partial charge on any atom is -0.447 e. The number of hydrogen-bond donors (Lipinski definition) is 0. The van der Waals surface area contributed by atoms with Crippen LogP contribution in [0.15, 0.2) is 10.7 Å². The van der Waals surface area contributed by atoms with E-state index in [0.29, 0.717) is 17.7 Å². The molecule has 0 aliphatic heterocycles. The lowest BCUT2D eigenvalue weighted by atomic mass is 10.1. The quantitative estimate of drug-likeness (QED) is 0.697. The van der Waals surface area contributed by atoms with Crippen molar-refractivity contribution >= 4 is 11.6 Å². The van der Waals surface area contributed by atoms with Gasteiger partial charge in [-0.3, -0.25) is 0 Å². The van der Waals surface area contributed by atoms with Crippen LogP contribution >= 0.6 is 11.6 Å². The maximum absolute atomic E-state index is 6.10. The first kappa shape index (κ1) is 10.6. The highest BCUT2D eigenvalue weighted by atomic mass is 35.5. The van der Waals surface area contributed by atoms with Crippen molar-refractivity contribution in [1.29, 1.82) is 0 Å². The third kappa shape index (κ3) is 2.47. The lowest BCUT2D eigenvalue weighted by Crippen LogP contribution is -2.00. The van der Waals surface area contributed by atoms with Crippen molar-refractivity contribution in [3.63, 3.8) is 0 Å². The molecule has 0 aliphatic rings. The van der Waals surface area contributed by atoms with Gasteiger partial charge in [-0.2, -0.15) is 0 Å². The van der Waals surface area contributed by atoms with E-state index in [1.807, 2.05) is 0 Å². The van der Waals surface area contributed by atoms with Gasteiger partial charge in [0.05, 0.1) is 5.69 Å². The Labute approximate surface area is 84.3 Å². The molecule has 13 heavy (non-hydrogen) atoms. The topological polar surface area (TPSA) is 26.0 Å². The third-order valence-corrected chi connectivity index (χ3v) is 2.64. The normalized spacial score (nSPS) is 14.1. The molecule has 0 radical (unpaired) electrons. The molecule has 2 nitrogen and oxygen atoms in total. The van der Waals surface area contributed by atoms with E-state index < -0.39 is 0 Å². The van der Waals surface area contributed by atoms with Crippen LogP contribution in [-0.4, -0.2) is 4.98 Å². The number of halogens is 1. The van der Waals surface area contributed by atoms with Crippen molar-refractivity contribution in [2.75, 3.05) is 0 Å². The number of rotatable bonds is 3. The molecule has 0 saturated carbocycles. The van der Waals surface area contributed by atoms with Crippen molar-refractivity contribution in [1.82, 2.24) is 4.98 Å². The van der Waals surface area contributed by atoms with Gasteiger partial charge < -0.3 is 4.42 Å². The van der Waals surface area contributed by atoms with Gasteiger partial charge in [0.15, 0.2) is 0 Å². The monoisotopic (exact) mass is 201 g/mol. The Morgan fingerprint density at radius 2 is 1.92 bits per heavy atom. The summed E-state index contributed by atoms with van der Waals surface area (Å²) in [5.41, 5.74) is 0.973. The summed E-state index contributed by atoms with van der Waals surface area (Å²) in [6, 6.07) is 0. The number of aromatic nitrogens is 1. The largest absolute Gasteiger partial charge is 0.447 e. The van der Waals surface area contributed by atoms with E-state index in [1.54, 1.807) is 6.26 Å². The van der Waals surface area contributed by atoms with E-state index in [9.17, 15) is 0 Å². The van der Waals surface area contributed by atoms with Gasteiger partial charge in [-0.05, 0) is 11.8 Å². The van der Waals surface area contributed by atoms with Gasteiger partial charge in [0, 0.05) is 0 Å². The van der Waals surface area contributed by atoms with Crippen LogP contribution in [-0.2, 0) is 0 Å². The Morgan fingerprint density at radius 3 is 2.31 bits per heavy atom. The smallest absolute Gasteiger partial charge is 0.212 e. The Hall–Kier alpha value is -0.500. The summed E-state index contributed by atoms with van der Waals surface area (Å²) < 4.78 is 5.31. The summed E-state index contributed by atoms with van der Waals surface area (Å²) in [5.74, 6) is 1.38. The summed E-state index contributed by atoms with van der Waals surface area (Å²) in [6.45, 7) is 8.27. The zero-order chi connectivity index (χ0) is 10.0. The highest BCUT2D eigenvalue weighted by Gasteiger charge is 2.18. The molecule has 0 N–H and O–H groups in total. The maximum atomic E-state index is 6.10. The van der Waals surface area contributed by atoms with E-state index in [-0.39, 0.29) is 5.38 Å². The van der Waals surface area contributed by atoms with Crippen LogP contribution in [0.5, 0.6) is 0 Å². The molecule has 1 aromatic rings. The van der Waals surface area contributed by atoms with Crippen molar-refractivity contribution in [3.05, 3.63) is 17.8 Å². The summed E-state index contributed by atoms with van der Waals surface area (Å²) >= 11 is 6.10. The Morgan fingerprint density at radius 1 is 1.31 bits per heavy atom. The Balaban J connectivity index is 2.79. The van der Waals surface area contributed by atoms with Crippen molar-refractivity contribution in [2.45, 2.75) is 39.0 Å². The molecule has 0 unspecified atom stereocenters. The molecule has 0 saturated heterocycles. The van der Waals surface area contributed by atoms with Crippen LogP contribution < -0.4 is 0 Å². The van der Waals surface area contributed by atoms with Gasteiger partial charge in [-0.15, -0.1) is 11.6 Å². The molecular weight excluding hydrogens is 186 g/mol. The lowest BCUT2D eigenvalue weighted by Gasteiger charge is -2.07. The molecule has 0 fully saturated rings. The molecule has 3 heteroatoms.